The number of hydrogen-bond donors (Lipinski definition) is 4. The van der Waals surface area contributed by atoms with Crippen molar-refractivity contribution in [1.82, 2.24) is 10.6 Å². The molecule has 22 heavy (non-hydrogen) atoms. The third-order valence-corrected chi connectivity index (χ3v) is 3.58. The molecular formula is C15H29N3O4. The highest BCUT2D eigenvalue weighted by Crippen LogP contribution is 2.10. The summed E-state index contributed by atoms with van der Waals surface area (Å²) in [6.45, 7) is 9.01. The Hall–Kier alpha value is -1.63. The highest BCUT2D eigenvalue weighted by atomic mass is 16.4. The normalized spacial score (nSPS) is 16.5. The minimum Gasteiger partial charge on any atom is -0.480 e. The standard InChI is InChI=1S/C15H29N3O4/c1-6-9(4)12(14(20)17-10(5)15(21)22)18-13(19)11(16)7-8(2)3/h8-12H,6-7,16H2,1-5H3,(H,17,20)(H,18,19)(H,21,22)/t9-,10-,11-,12-/m0/s1. The molecule has 7 nitrogen and oxygen atoms in total. The molecule has 5 N–H and O–H groups in total. The van der Waals surface area contributed by atoms with Crippen molar-refractivity contribution in [3.8, 4) is 0 Å². The summed E-state index contributed by atoms with van der Waals surface area (Å²) in [6, 6.07) is -2.49. The van der Waals surface area contributed by atoms with Gasteiger partial charge in [-0.25, -0.2) is 0 Å². The van der Waals surface area contributed by atoms with Gasteiger partial charge in [0.1, 0.15) is 12.1 Å². The predicted octanol–water partition coefficient (Wildman–Crippen LogP) is 0.480. The van der Waals surface area contributed by atoms with Crippen molar-refractivity contribution in [1.29, 1.82) is 0 Å². The van der Waals surface area contributed by atoms with Crippen LogP contribution in [0.5, 0.6) is 0 Å². The largest absolute Gasteiger partial charge is 0.480 e. The fourth-order valence-electron chi connectivity index (χ4n) is 1.94. The number of aliphatic carboxylic acids is 1. The van der Waals surface area contributed by atoms with E-state index in [-0.39, 0.29) is 11.8 Å². The molecule has 0 bridgehead atoms. The van der Waals surface area contributed by atoms with Gasteiger partial charge < -0.3 is 21.5 Å². The van der Waals surface area contributed by atoms with Crippen LogP contribution in [-0.2, 0) is 14.4 Å². The van der Waals surface area contributed by atoms with E-state index in [9.17, 15) is 14.4 Å². The molecule has 0 spiro atoms. The van der Waals surface area contributed by atoms with E-state index >= 15 is 0 Å². The van der Waals surface area contributed by atoms with Crippen molar-refractivity contribution < 1.29 is 19.5 Å². The van der Waals surface area contributed by atoms with Crippen molar-refractivity contribution >= 4 is 17.8 Å². The Labute approximate surface area is 132 Å². The second-order valence-corrected chi connectivity index (χ2v) is 6.18. The Morgan fingerprint density at radius 3 is 2.00 bits per heavy atom. The molecule has 0 saturated heterocycles. The first-order chi connectivity index (χ1) is 10.1. The number of rotatable bonds is 9. The zero-order chi connectivity index (χ0) is 17.4. The Morgan fingerprint density at radius 2 is 1.59 bits per heavy atom. The zero-order valence-electron chi connectivity index (χ0n) is 14.1. The Bertz CT molecular complexity index is 398. The van der Waals surface area contributed by atoms with Crippen LogP contribution in [-0.4, -0.2) is 41.0 Å². The molecule has 0 aliphatic heterocycles. The van der Waals surface area contributed by atoms with Gasteiger partial charge in [0.25, 0.3) is 0 Å². The van der Waals surface area contributed by atoms with Gasteiger partial charge in [0.15, 0.2) is 0 Å². The molecule has 2 amide bonds. The Morgan fingerprint density at radius 1 is 1.05 bits per heavy atom. The number of nitrogens with two attached hydrogens (primary N) is 1. The molecule has 0 saturated carbocycles. The van der Waals surface area contributed by atoms with Crippen LogP contribution in [0.2, 0.25) is 0 Å². The summed E-state index contributed by atoms with van der Waals surface area (Å²) in [6.07, 6.45) is 1.19. The molecule has 0 aromatic carbocycles. The van der Waals surface area contributed by atoms with Gasteiger partial charge in [-0.1, -0.05) is 34.1 Å². The molecule has 0 aromatic rings. The number of carboxylic acid groups (broad SMARTS) is 1. The minimum absolute atomic E-state index is 0.129. The molecule has 0 fully saturated rings. The molecule has 4 atom stereocenters. The monoisotopic (exact) mass is 315 g/mol. The Kier molecular flexibility index (Phi) is 8.70. The second kappa shape index (κ2) is 9.40. The van der Waals surface area contributed by atoms with Gasteiger partial charge in [0, 0.05) is 0 Å². The van der Waals surface area contributed by atoms with Crippen molar-refractivity contribution in [2.75, 3.05) is 0 Å². The van der Waals surface area contributed by atoms with E-state index in [2.05, 4.69) is 10.6 Å². The van der Waals surface area contributed by atoms with Crippen LogP contribution < -0.4 is 16.4 Å². The van der Waals surface area contributed by atoms with Gasteiger partial charge in [0.05, 0.1) is 6.04 Å². The highest BCUT2D eigenvalue weighted by molar-refractivity contribution is 5.91. The molecule has 0 unspecified atom stereocenters. The van der Waals surface area contributed by atoms with Crippen molar-refractivity contribution in [3.63, 3.8) is 0 Å². The van der Waals surface area contributed by atoms with E-state index in [1.807, 2.05) is 27.7 Å². The molecule has 0 aromatic heterocycles. The van der Waals surface area contributed by atoms with Gasteiger partial charge in [-0.05, 0) is 25.2 Å². The van der Waals surface area contributed by atoms with E-state index in [1.54, 1.807) is 0 Å². The molecule has 0 aliphatic rings. The number of carbonyl (C=O) groups excluding carboxylic acids is 2. The third-order valence-electron chi connectivity index (χ3n) is 3.58. The van der Waals surface area contributed by atoms with Crippen LogP contribution in [0, 0.1) is 11.8 Å². The predicted molar refractivity (Wildman–Crippen MR) is 84.1 cm³/mol. The molecule has 7 heteroatoms. The quantitative estimate of drug-likeness (QED) is 0.493. The summed E-state index contributed by atoms with van der Waals surface area (Å²) in [5.74, 6) is -1.88. The van der Waals surface area contributed by atoms with Crippen LogP contribution in [0.1, 0.15) is 47.5 Å². The van der Waals surface area contributed by atoms with E-state index in [4.69, 9.17) is 10.8 Å². The fourth-order valence-corrected chi connectivity index (χ4v) is 1.94. The molecule has 0 heterocycles. The molecule has 0 aliphatic carbocycles. The minimum atomic E-state index is -1.13. The molecular weight excluding hydrogens is 286 g/mol. The zero-order valence-corrected chi connectivity index (χ0v) is 14.1. The summed E-state index contributed by atoms with van der Waals surface area (Å²) in [5.41, 5.74) is 5.82. The average molecular weight is 315 g/mol. The van der Waals surface area contributed by atoms with Gasteiger partial charge in [-0.15, -0.1) is 0 Å². The number of carboxylic acids is 1. The first kappa shape index (κ1) is 20.4. The van der Waals surface area contributed by atoms with Crippen molar-refractivity contribution in [3.05, 3.63) is 0 Å². The lowest BCUT2D eigenvalue weighted by molar-refractivity contribution is -0.142. The van der Waals surface area contributed by atoms with Gasteiger partial charge in [-0.2, -0.15) is 0 Å². The molecule has 128 valence electrons. The number of hydrogen-bond acceptors (Lipinski definition) is 4. The number of nitrogens with one attached hydrogen (secondary N) is 2. The lowest BCUT2D eigenvalue weighted by Crippen LogP contribution is -2.56. The van der Waals surface area contributed by atoms with E-state index in [1.165, 1.54) is 6.92 Å². The van der Waals surface area contributed by atoms with Crippen LogP contribution in [0.4, 0.5) is 0 Å². The summed E-state index contributed by atoms with van der Waals surface area (Å²) >= 11 is 0. The maximum absolute atomic E-state index is 12.2. The highest BCUT2D eigenvalue weighted by Gasteiger charge is 2.29. The van der Waals surface area contributed by atoms with Crippen molar-refractivity contribution in [2.24, 2.45) is 17.6 Å². The average Bonchev–Trinajstić information content (AvgIpc) is 2.42. The topological polar surface area (TPSA) is 122 Å². The lowest BCUT2D eigenvalue weighted by Gasteiger charge is -2.26. The lowest BCUT2D eigenvalue weighted by atomic mass is 9.96. The van der Waals surface area contributed by atoms with E-state index in [0.29, 0.717) is 12.8 Å². The fraction of sp³-hybridized carbons (Fsp3) is 0.800. The van der Waals surface area contributed by atoms with Crippen LogP contribution in [0.25, 0.3) is 0 Å². The first-order valence-electron chi connectivity index (χ1n) is 7.69. The molecule has 0 radical (unpaired) electrons. The van der Waals surface area contributed by atoms with Crippen LogP contribution >= 0.6 is 0 Å². The van der Waals surface area contributed by atoms with Gasteiger partial charge in [0.2, 0.25) is 11.8 Å². The van der Waals surface area contributed by atoms with Crippen molar-refractivity contribution in [2.45, 2.75) is 65.6 Å². The van der Waals surface area contributed by atoms with Gasteiger partial charge in [-0.3, -0.25) is 14.4 Å². The van der Waals surface area contributed by atoms with E-state index < -0.39 is 35.9 Å². The maximum atomic E-state index is 12.2. The summed E-state index contributed by atoms with van der Waals surface area (Å²) in [4.78, 5) is 35.1. The number of amides is 2. The summed E-state index contributed by atoms with van der Waals surface area (Å²) < 4.78 is 0. The SMILES string of the molecule is CC[C@H](C)[C@H](NC(=O)[C@@H](N)CC(C)C)C(=O)N[C@@H](C)C(=O)O. The Balaban J connectivity index is 4.88. The van der Waals surface area contributed by atoms with Crippen LogP contribution in [0.3, 0.4) is 0 Å². The van der Waals surface area contributed by atoms with E-state index in [0.717, 1.165) is 0 Å². The smallest absolute Gasteiger partial charge is 0.325 e. The summed E-state index contributed by atoms with van der Waals surface area (Å²) in [7, 11) is 0. The second-order valence-electron chi connectivity index (χ2n) is 6.18. The van der Waals surface area contributed by atoms with Gasteiger partial charge >= 0.3 is 5.97 Å². The van der Waals surface area contributed by atoms with Crippen LogP contribution in [0.15, 0.2) is 0 Å². The summed E-state index contributed by atoms with van der Waals surface area (Å²) in [5, 5.41) is 13.9. The maximum Gasteiger partial charge on any atom is 0.325 e. The third kappa shape index (κ3) is 6.89. The molecule has 0 rings (SSSR count). The first-order valence-corrected chi connectivity index (χ1v) is 7.69. The number of carbonyl (C=O) groups is 3.